The lowest BCUT2D eigenvalue weighted by Crippen LogP contribution is -2.14. The number of benzene rings is 1. The van der Waals surface area contributed by atoms with Crippen molar-refractivity contribution >= 4 is 28.3 Å². The number of nitrogens with one attached hydrogen (secondary N) is 1. The Kier molecular flexibility index (Phi) is 3.91. The zero-order valence-corrected chi connectivity index (χ0v) is 11.3. The Morgan fingerprint density at radius 1 is 1.32 bits per heavy atom. The quantitative estimate of drug-likeness (QED) is 0.691. The van der Waals surface area contributed by atoms with Crippen molar-refractivity contribution < 1.29 is 14.3 Å². The molecule has 0 aliphatic heterocycles. The largest absolute Gasteiger partial charge is 0.426 e. The van der Waals surface area contributed by atoms with Crippen LogP contribution in [-0.4, -0.2) is 16.9 Å². The molecule has 0 unspecified atom stereocenters. The van der Waals surface area contributed by atoms with Gasteiger partial charge in [0.15, 0.2) is 5.13 Å². The van der Waals surface area contributed by atoms with Crippen LogP contribution in [0.2, 0.25) is 0 Å². The Morgan fingerprint density at radius 3 is 2.68 bits per heavy atom. The van der Waals surface area contributed by atoms with Crippen molar-refractivity contribution in [2.75, 3.05) is 5.32 Å². The lowest BCUT2D eigenvalue weighted by atomic mass is 10.2. The van der Waals surface area contributed by atoms with Crippen LogP contribution < -0.4 is 10.1 Å². The lowest BCUT2D eigenvalue weighted by molar-refractivity contribution is -0.131. The van der Waals surface area contributed by atoms with Crippen LogP contribution in [0, 0.1) is 6.92 Å². The van der Waals surface area contributed by atoms with Crippen LogP contribution in [0.5, 0.6) is 5.75 Å². The summed E-state index contributed by atoms with van der Waals surface area (Å²) in [6, 6.07) is 6.56. The number of nitrogens with zero attached hydrogens (tertiary/aromatic N) is 1. The van der Waals surface area contributed by atoms with Gasteiger partial charge in [-0.1, -0.05) is 12.1 Å². The average molecular weight is 276 g/mol. The predicted molar refractivity (Wildman–Crippen MR) is 72.6 cm³/mol. The Balaban J connectivity index is 2.21. The van der Waals surface area contributed by atoms with Crippen LogP contribution in [0.4, 0.5) is 5.13 Å². The highest BCUT2D eigenvalue weighted by atomic mass is 32.1. The molecule has 0 aliphatic rings. The number of anilines is 1. The van der Waals surface area contributed by atoms with E-state index in [1.807, 2.05) is 6.92 Å². The number of aryl methyl sites for hydroxylation is 1. The number of ether oxygens (including phenoxy) is 1. The van der Waals surface area contributed by atoms with E-state index in [4.69, 9.17) is 4.74 Å². The monoisotopic (exact) mass is 276 g/mol. The number of para-hydroxylation sites is 1. The summed E-state index contributed by atoms with van der Waals surface area (Å²) >= 11 is 1.38. The summed E-state index contributed by atoms with van der Waals surface area (Å²) in [7, 11) is 0. The first kappa shape index (κ1) is 13.2. The van der Waals surface area contributed by atoms with Gasteiger partial charge in [0, 0.05) is 18.0 Å². The number of aromatic nitrogens is 1. The van der Waals surface area contributed by atoms with Gasteiger partial charge in [-0.05, 0) is 19.1 Å². The number of carbonyl (C=O) groups excluding carboxylic acids is 2. The molecular weight excluding hydrogens is 264 g/mol. The molecule has 0 atom stereocenters. The highest BCUT2D eigenvalue weighted by Gasteiger charge is 2.14. The van der Waals surface area contributed by atoms with Gasteiger partial charge in [-0.2, -0.15) is 0 Å². The summed E-state index contributed by atoms with van der Waals surface area (Å²) in [6.45, 7) is 3.19. The minimum Gasteiger partial charge on any atom is -0.426 e. The van der Waals surface area contributed by atoms with E-state index in [9.17, 15) is 9.59 Å². The summed E-state index contributed by atoms with van der Waals surface area (Å²) < 4.78 is 4.99. The third kappa shape index (κ3) is 3.38. The van der Waals surface area contributed by atoms with Gasteiger partial charge in [0.25, 0.3) is 5.91 Å². The molecule has 98 valence electrons. The first-order valence-corrected chi connectivity index (χ1v) is 6.39. The van der Waals surface area contributed by atoms with Crippen LogP contribution in [0.3, 0.4) is 0 Å². The molecule has 5 nitrogen and oxygen atoms in total. The maximum Gasteiger partial charge on any atom is 0.308 e. The zero-order valence-electron chi connectivity index (χ0n) is 10.5. The molecule has 1 N–H and O–H groups in total. The minimum atomic E-state index is -0.467. The molecule has 1 aromatic carbocycles. The number of carbonyl (C=O) groups is 2. The average Bonchev–Trinajstić information content (AvgIpc) is 2.74. The fourth-order valence-corrected chi connectivity index (χ4v) is 2.13. The summed E-state index contributed by atoms with van der Waals surface area (Å²) in [5.74, 6) is -0.586. The second-order valence-corrected chi connectivity index (χ2v) is 5.05. The zero-order chi connectivity index (χ0) is 13.8. The van der Waals surface area contributed by atoms with E-state index < -0.39 is 5.97 Å². The van der Waals surface area contributed by atoms with E-state index in [0.29, 0.717) is 10.7 Å². The molecule has 2 aromatic rings. The Bertz CT molecular complexity index is 622. The van der Waals surface area contributed by atoms with Gasteiger partial charge in [0.05, 0.1) is 5.56 Å². The van der Waals surface area contributed by atoms with Gasteiger partial charge in [-0.3, -0.25) is 14.9 Å². The maximum atomic E-state index is 12.1. The van der Waals surface area contributed by atoms with Gasteiger partial charge in [0.2, 0.25) is 0 Å². The van der Waals surface area contributed by atoms with Crippen molar-refractivity contribution in [1.82, 2.24) is 4.98 Å². The van der Waals surface area contributed by atoms with E-state index in [-0.39, 0.29) is 11.7 Å². The highest BCUT2D eigenvalue weighted by molar-refractivity contribution is 7.15. The Hall–Kier alpha value is -2.21. The molecule has 0 fully saturated rings. The maximum absolute atomic E-state index is 12.1. The highest BCUT2D eigenvalue weighted by Crippen LogP contribution is 2.22. The smallest absolute Gasteiger partial charge is 0.308 e. The van der Waals surface area contributed by atoms with Gasteiger partial charge < -0.3 is 4.74 Å². The summed E-state index contributed by atoms with van der Waals surface area (Å²) in [6.07, 6.45) is 1.68. The Morgan fingerprint density at radius 2 is 2.05 bits per heavy atom. The third-order valence-corrected chi connectivity index (χ3v) is 3.06. The van der Waals surface area contributed by atoms with Crippen molar-refractivity contribution in [3.63, 3.8) is 0 Å². The molecule has 19 heavy (non-hydrogen) atoms. The van der Waals surface area contributed by atoms with Crippen molar-refractivity contribution in [3.05, 3.63) is 40.9 Å². The van der Waals surface area contributed by atoms with Crippen LogP contribution in [-0.2, 0) is 4.79 Å². The molecule has 0 aliphatic carbocycles. The normalized spacial score (nSPS) is 10.0. The minimum absolute atomic E-state index is 0.237. The van der Waals surface area contributed by atoms with Crippen LogP contribution in [0.15, 0.2) is 30.5 Å². The van der Waals surface area contributed by atoms with Crippen LogP contribution in [0.25, 0.3) is 0 Å². The summed E-state index contributed by atoms with van der Waals surface area (Å²) in [4.78, 5) is 28.1. The van der Waals surface area contributed by atoms with Gasteiger partial charge >= 0.3 is 5.97 Å². The number of hydrogen-bond acceptors (Lipinski definition) is 5. The summed E-state index contributed by atoms with van der Waals surface area (Å²) in [5.41, 5.74) is 0.297. The van der Waals surface area contributed by atoms with Gasteiger partial charge in [-0.15, -0.1) is 11.3 Å². The second kappa shape index (κ2) is 5.62. The first-order chi connectivity index (χ1) is 9.06. The number of esters is 1. The molecule has 1 amide bonds. The van der Waals surface area contributed by atoms with E-state index in [1.165, 1.54) is 18.3 Å². The van der Waals surface area contributed by atoms with Gasteiger partial charge in [0.1, 0.15) is 5.75 Å². The molecule has 6 heteroatoms. The fraction of sp³-hybridized carbons (Fsp3) is 0.154. The Labute approximate surface area is 114 Å². The van der Waals surface area contributed by atoms with Crippen molar-refractivity contribution in [1.29, 1.82) is 0 Å². The molecule has 0 spiro atoms. The second-order valence-electron chi connectivity index (χ2n) is 3.82. The van der Waals surface area contributed by atoms with E-state index in [2.05, 4.69) is 10.3 Å². The predicted octanol–water partition coefficient (Wildman–Crippen LogP) is 2.63. The van der Waals surface area contributed by atoms with Crippen molar-refractivity contribution in [2.24, 2.45) is 0 Å². The molecule has 0 bridgehead atoms. The molecule has 0 saturated carbocycles. The van der Waals surface area contributed by atoms with E-state index >= 15 is 0 Å². The fourth-order valence-electron chi connectivity index (χ4n) is 1.48. The summed E-state index contributed by atoms with van der Waals surface area (Å²) in [5, 5.41) is 3.18. The van der Waals surface area contributed by atoms with E-state index in [1.54, 1.807) is 30.5 Å². The van der Waals surface area contributed by atoms with Crippen LogP contribution in [0.1, 0.15) is 22.2 Å². The molecule has 0 saturated heterocycles. The number of hydrogen-bond donors (Lipinski definition) is 1. The lowest BCUT2D eigenvalue weighted by Gasteiger charge is -2.07. The molecule has 1 heterocycles. The number of thiazole rings is 1. The molecule has 0 radical (unpaired) electrons. The first-order valence-electron chi connectivity index (χ1n) is 5.57. The van der Waals surface area contributed by atoms with Gasteiger partial charge in [-0.25, -0.2) is 4.98 Å². The SMILES string of the molecule is CC(=O)Oc1ccccc1C(=O)Nc1ncc(C)s1. The number of rotatable bonds is 3. The van der Waals surface area contributed by atoms with Crippen molar-refractivity contribution in [2.45, 2.75) is 13.8 Å². The topological polar surface area (TPSA) is 68.3 Å². The van der Waals surface area contributed by atoms with E-state index in [0.717, 1.165) is 4.88 Å². The van der Waals surface area contributed by atoms with Crippen molar-refractivity contribution in [3.8, 4) is 5.75 Å². The van der Waals surface area contributed by atoms with Crippen LogP contribution >= 0.6 is 11.3 Å². The standard InChI is InChI=1S/C13H12N2O3S/c1-8-7-14-13(19-8)15-12(17)10-5-3-4-6-11(10)18-9(2)16/h3-7H,1-2H3,(H,14,15,17). The number of amides is 1. The molecular formula is C13H12N2O3S. The molecule has 1 aromatic heterocycles. The molecule has 2 rings (SSSR count). The third-order valence-electron chi connectivity index (χ3n) is 2.23.